The Bertz CT molecular complexity index is 1880. The molecule has 0 atom stereocenters. The molecule has 0 bridgehead atoms. The predicted octanol–water partition coefficient (Wildman–Crippen LogP) is 12.5. The van der Waals surface area contributed by atoms with Crippen LogP contribution in [0.1, 0.15) is 19.8 Å². The maximum atomic E-state index is 6.23. The molecular weight excluding hydrogens is 735 g/mol. The molecule has 44 heavy (non-hydrogen) atoms. The van der Waals surface area contributed by atoms with Crippen molar-refractivity contribution in [2.75, 3.05) is 6.61 Å². The molecule has 0 saturated heterocycles. The quantitative estimate of drug-likeness (QED) is 0.0657. The normalized spacial score (nSPS) is 12.7. The molecule has 0 amide bonds. The van der Waals surface area contributed by atoms with Gasteiger partial charge >= 0.3 is 39.3 Å². The number of benzene rings is 6. The molecule has 7 heteroatoms. The molecule has 6 aromatic carbocycles. The van der Waals surface area contributed by atoms with Gasteiger partial charge < -0.3 is 4.43 Å². The number of nitrogens with zero attached hydrogens (tertiary/aromatic N) is 2. The van der Waals surface area contributed by atoms with Crippen molar-refractivity contribution in [1.29, 1.82) is 0 Å². The van der Waals surface area contributed by atoms with Crippen molar-refractivity contribution in [2.45, 2.75) is 39.4 Å². The predicted molar refractivity (Wildman–Crippen MR) is 199 cm³/mol. The Morgan fingerprint density at radius 1 is 0.636 bits per heavy atom. The van der Waals surface area contributed by atoms with E-state index >= 15 is 0 Å². The molecule has 3 nitrogen and oxygen atoms in total. The average molecular weight is 771 g/mol. The Morgan fingerprint density at radius 3 is 1.39 bits per heavy atom. The van der Waals surface area contributed by atoms with Gasteiger partial charge in [0.2, 0.25) is 0 Å². The van der Waals surface area contributed by atoms with Crippen LogP contribution in [0, 0.1) is 0 Å². The molecule has 0 heterocycles. The van der Waals surface area contributed by atoms with E-state index in [0.29, 0.717) is 0 Å². The van der Waals surface area contributed by atoms with E-state index in [4.69, 9.17) is 14.4 Å². The Hall–Kier alpha value is -2.67. The zero-order chi connectivity index (χ0) is 31.1. The Balaban J connectivity index is 0.00000123. The molecular formula is C37H36Br2N2NiOSi. The summed E-state index contributed by atoms with van der Waals surface area (Å²) in [7, 11) is -0.345. The fraction of sp³-hybridized carbons (Fsp3) is 0.189. The van der Waals surface area contributed by atoms with Gasteiger partial charge in [0.15, 0.2) is 8.32 Å². The van der Waals surface area contributed by atoms with E-state index in [-0.39, 0.29) is 0 Å². The van der Waals surface area contributed by atoms with Gasteiger partial charge in [0, 0.05) is 28.2 Å². The SMILES string of the molecule is CC(=Nc1c2ccccc2cc2ccccc12)C(CCCO[Si](C)(C)C)=Nc1c2ccccc2cc2ccccc12.[Br][Ni][Br]. The molecule has 0 N–H and O–H groups in total. The summed E-state index contributed by atoms with van der Waals surface area (Å²) >= 11 is 6.00. The summed E-state index contributed by atoms with van der Waals surface area (Å²) in [5.41, 5.74) is 3.96. The van der Waals surface area contributed by atoms with Gasteiger partial charge in [-0.15, -0.1) is 0 Å². The second-order valence-electron chi connectivity index (χ2n) is 11.7. The number of hydrogen-bond donors (Lipinski definition) is 0. The van der Waals surface area contributed by atoms with Crippen LogP contribution in [0.2, 0.25) is 19.6 Å². The number of aliphatic imine (C=N–C) groups is 2. The van der Waals surface area contributed by atoms with Crippen LogP contribution in [0.5, 0.6) is 0 Å². The minimum absolute atomic E-state index is 0.732. The van der Waals surface area contributed by atoms with Crippen molar-refractivity contribution >= 4 is 103 Å². The monoisotopic (exact) mass is 768 g/mol. The van der Waals surface area contributed by atoms with Crippen molar-refractivity contribution in [3.63, 3.8) is 0 Å². The molecule has 6 aromatic rings. The van der Waals surface area contributed by atoms with Crippen molar-refractivity contribution in [1.82, 2.24) is 0 Å². The molecule has 0 aromatic heterocycles. The first-order valence-corrected chi connectivity index (χ1v) is 23.0. The molecule has 0 aliphatic heterocycles. The van der Waals surface area contributed by atoms with Gasteiger partial charge in [-0.1, -0.05) is 97.1 Å². The summed E-state index contributed by atoms with van der Waals surface area (Å²) in [6.45, 7) is 9.56. The molecule has 0 unspecified atom stereocenters. The van der Waals surface area contributed by atoms with Crippen LogP contribution < -0.4 is 0 Å². The summed E-state index contributed by atoms with van der Waals surface area (Å²) in [6.07, 6.45) is 1.69. The molecule has 0 aliphatic rings. The number of halogens is 2. The van der Waals surface area contributed by atoms with Crippen LogP contribution in [0.3, 0.4) is 0 Å². The van der Waals surface area contributed by atoms with E-state index in [1.54, 1.807) is 0 Å². The zero-order valence-electron chi connectivity index (χ0n) is 25.4. The van der Waals surface area contributed by atoms with Crippen molar-refractivity contribution in [3.8, 4) is 0 Å². The van der Waals surface area contributed by atoms with E-state index in [2.05, 4.69) is 164 Å². The maximum absolute atomic E-state index is 6.23. The van der Waals surface area contributed by atoms with E-state index < -0.39 is 8.32 Å². The number of hydrogen-bond acceptors (Lipinski definition) is 3. The summed E-state index contributed by atoms with van der Waals surface area (Å²) in [5, 5.41) is 9.41. The summed E-state index contributed by atoms with van der Waals surface area (Å²) in [4.78, 5) is 10.8. The topological polar surface area (TPSA) is 34.0 Å². The van der Waals surface area contributed by atoms with Gasteiger partial charge in [0.25, 0.3) is 0 Å². The third kappa shape index (κ3) is 7.94. The van der Waals surface area contributed by atoms with Gasteiger partial charge in [-0.2, -0.15) is 0 Å². The average Bonchev–Trinajstić information content (AvgIpc) is 3.01. The third-order valence-corrected chi connectivity index (χ3v) is 8.59. The number of rotatable bonds is 8. The standard InChI is InChI=1S/C37H36N2OSi.2BrH.Ni/c1-26(38-36-31-18-9-5-14-27(31)24-28-15-6-10-19-32(28)36)35(22-13-23-40-41(2,3)4)39-37-33-20-11-7-16-29(33)25-30-17-8-12-21-34(30)37;;;/h5-12,14-21,24-25H,13,22-23H2,1-4H3;2*1H;/q;;;+2/p-2. The molecule has 0 aliphatic carbocycles. The van der Waals surface area contributed by atoms with Gasteiger partial charge in [0.05, 0.1) is 22.8 Å². The van der Waals surface area contributed by atoms with Gasteiger partial charge in [-0.3, -0.25) is 9.98 Å². The van der Waals surface area contributed by atoms with E-state index in [0.717, 1.165) is 63.8 Å². The van der Waals surface area contributed by atoms with Crippen LogP contribution in [0.15, 0.2) is 119 Å². The van der Waals surface area contributed by atoms with Crippen LogP contribution in [-0.2, 0) is 15.3 Å². The first kappa shape index (κ1) is 32.7. The molecule has 0 radical (unpaired) electrons. The van der Waals surface area contributed by atoms with Crippen LogP contribution >= 0.6 is 28.5 Å². The Morgan fingerprint density at radius 2 is 1.00 bits per heavy atom. The summed E-state index contributed by atoms with van der Waals surface area (Å²) in [5.74, 6) is 0. The minimum atomic E-state index is -1.60. The second-order valence-corrected chi connectivity index (χ2v) is 21.2. The van der Waals surface area contributed by atoms with Crippen LogP contribution in [0.4, 0.5) is 11.4 Å². The number of fused-ring (bicyclic) bond motifs is 4. The summed E-state index contributed by atoms with van der Waals surface area (Å²) < 4.78 is 6.23. The van der Waals surface area contributed by atoms with Gasteiger partial charge in [-0.25, -0.2) is 0 Å². The van der Waals surface area contributed by atoms with Gasteiger partial charge in [-0.05, 0) is 73.1 Å². The van der Waals surface area contributed by atoms with Crippen LogP contribution in [0.25, 0.3) is 43.1 Å². The van der Waals surface area contributed by atoms with Crippen molar-refractivity contribution < 1.29 is 15.3 Å². The Labute approximate surface area is 281 Å². The van der Waals surface area contributed by atoms with Crippen molar-refractivity contribution in [3.05, 3.63) is 109 Å². The zero-order valence-corrected chi connectivity index (χ0v) is 30.5. The van der Waals surface area contributed by atoms with Crippen molar-refractivity contribution in [2.24, 2.45) is 9.98 Å². The molecule has 6 rings (SSSR count). The molecule has 0 spiro atoms. The third-order valence-electron chi connectivity index (χ3n) is 7.52. The van der Waals surface area contributed by atoms with Gasteiger partial charge in [0.1, 0.15) is 0 Å². The van der Waals surface area contributed by atoms with E-state index in [1.165, 1.54) is 32.4 Å². The first-order valence-electron chi connectivity index (χ1n) is 14.7. The van der Waals surface area contributed by atoms with E-state index in [9.17, 15) is 0 Å². The fourth-order valence-electron chi connectivity index (χ4n) is 5.52. The Kier molecular flexibility index (Phi) is 11.2. The molecule has 0 saturated carbocycles. The van der Waals surface area contributed by atoms with E-state index in [1.807, 2.05) is 0 Å². The second kappa shape index (κ2) is 15.1. The van der Waals surface area contributed by atoms with Crippen LogP contribution in [-0.4, -0.2) is 26.3 Å². The molecule has 0 fully saturated rings. The summed E-state index contributed by atoms with van der Waals surface area (Å²) in [6, 6.07) is 38.6. The fourth-order valence-corrected chi connectivity index (χ4v) is 6.28. The first-order chi connectivity index (χ1) is 21.3. The molecule has 228 valence electrons.